The average molecular weight is 207 g/mol. The number of likely N-dealkylation sites (N-methyl/N-ethyl adjacent to an activating group) is 1. The number of hydrogen-bond acceptors (Lipinski definition) is 3. The summed E-state index contributed by atoms with van der Waals surface area (Å²) >= 11 is 0. The molecule has 0 fully saturated rings. The van der Waals surface area contributed by atoms with Gasteiger partial charge in [-0.25, -0.2) is 0 Å². The van der Waals surface area contributed by atoms with Crippen molar-refractivity contribution in [3.8, 4) is 0 Å². The maximum atomic E-state index is 11.4. The maximum absolute atomic E-state index is 11.4. The van der Waals surface area contributed by atoms with E-state index >= 15 is 0 Å². The van der Waals surface area contributed by atoms with Gasteiger partial charge in [0.25, 0.3) is 0 Å². The summed E-state index contributed by atoms with van der Waals surface area (Å²) in [7, 11) is 3.58. The van der Waals surface area contributed by atoms with E-state index in [2.05, 4.69) is 0 Å². The van der Waals surface area contributed by atoms with Crippen LogP contribution in [-0.4, -0.2) is 35.9 Å². The number of benzene rings is 1. The molecule has 0 aliphatic heterocycles. The van der Waals surface area contributed by atoms with Crippen molar-refractivity contribution in [2.45, 2.75) is 19.1 Å². The molecule has 0 heterocycles. The first-order valence-electron chi connectivity index (χ1n) is 4.94. The van der Waals surface area contributed by atoms with Crippen molar-refractivity contribution < 1.29 is 9.90 Å². The third kappa shape index (κ3) is 2.88. The molecule has 0 spiro atoms. The van der Waals surface area contributed by atoms with E-state index in [0.29, 0.717) is 0 Å². The summed E-state index contributed by atoms with van der Waals surface area (Å²) in [5, 5.41) is 10.1. The first kappa shape index (κ1) is 11.9. The van der Waals surface area contributed by atoms with Gasteiger partial charge in [0.2, 0.25) is 0 Å². The molecule has 0 saturated heterocycles. The number of nitrogens with zero attached hydrogens (tertiary/aromatic N) is 1. The molecular weight excluding hydrogens is 190 g/mol. The highest BCUT2D eigenvalue weighted by molar-refractivity contribution is 5.82. The summed E-state index contributed by atoms with van der Waals surface area (Å²) in [6, 6.07) is 8.76. The molecule has 0 aromatic heterocycles. The van der Waals surface area contributed by atoms with Crippen LogP contribution in [0.4, 0.5) is 0 Å². The molecular formula is C12H17NO2. The Bertz CT molecular complexity index is 322. The second kappa shape index (κ2) is 5.05. The van der Waals surface area contributed by atoms with Crippen molar-refractivity contribution >= 4 is 5.78 Å². The van der Waals surface area contributed by atoms with E-state index in [1.807, 2.05) is 30.3 Å². The highest BCUT2D eigenvalue weighted by Gasteiger charge is 2.26. The number of carbonyl (C=O) groups excluding carboxylic acids is 1. The third-order valence-corrected chi connectivity index (χ3v) is 2.41. The Balaban J connectivity index is 2.91. The number of rotatable bonds is 4. The van der Waals surface area contributed by atoms with Crippen LogP contribution >= 0.6 is 0 Å². The molecule has 0 aliphatic rings. The molecule has 2 atom stereocenters. The minimum Gasteiger partial charge on any atom is -0.386 e. The Kier molecular flexibility index (Phi) is 4.00. The quantitative estimate of drug-likeness (QED) is 0.807. The normalized spacial score (nSPS) is 15.0. The van der Waals surface area contributed by atoms with Crippen LogP contribution in [0.3, 0.4) is 0 Å². The number of aliphatic hydroxyl groups excluding tert-OH is 1. The van der Waals surface area contributed by atoms with Crippen LogP contribution in [-0.2, 0) is 4.79 Å². The molecule has 0 saturated carbocycles. The van der Waals surface area contributed by atoms with Gasteiger partial charge in [-0.05, 0) is 26.6 Å². The van der Waals surface area contributed by atoms with Crippen LogP contribution in [0.15, 0.2) is 30.3 Å². The second-order valence-electron chi connectivity index (χ2n) is 3.87. The second-order valence-corrected chi connectivity index (χ2v) is 3.87. The van der Waals surface area contributed by atoms with Gasteiger partial charge in [0.15, 0.2) is 0 Å². The fourth-order valence-corrected chi connectivity index (χ4v) is 1.70. The van der Waals surface area contributed by atoms with Crippen molar-refractivity contribution in [3.05, 3.63) is 35.9 Å². The van der Waals surface area contributed by atoms with Gasteiger partial charge in [-0.1, -0.05) is 30.3 Å². The smallest absolute Gasteiger partial charge is 0.149 e. The zero-order chi connectivity index (χ0) is 11.4. The largest absolute Gasteiger partial charge is 0.386 e. The van der Waals surface area contributed by atoms with E-state index < -0.39 is 12.1 Å². The first-order chi connectivity index (χ1) is 7.04. The zero-order valence-corrected chi connectivity index (χ0v) is 9.34. The maximum Gasteiger partial charge on any atom is 0.149 e. The molecule has 1 aromatic carbocycles. The molecule has 2 unspecified atom stereocenters. The lowest BCUT2D eigenvalue weighted by molar-refractivity contribution is -0.125. The minimum atomic E-state index is -0.765. The van der Waals surface area contributed by atoms with E-state index in [1.165, 1.54) is 6.92 Å². The van der Waals surface area contributed by atoms with Crippen LogP contribution < -0.4 is 0 Å². The van der Waals surface area contributed by atoms with Crippen LogP contribution in [0.2, 0.25) is 0 Å². The summed E-state index contributed by atoms with van der Waals surface area (Å²) in [5.41, 5.74) is 0.770. The predicted molar refractivity (Wildman–Crippen MR) is 59.6 cm³/mol. The molecule has 3 heteroatoms. The van der Waals surface area contributed by atoms with Crippen LogP contribution in [0.25, 0.3) is 0 Å². The molecule has 15 heavy (non-hydrogen) atoms. The summed E-state index contributed by atoms with van der Waals surface area (Å²) in [5.74, 6) is -0.0312. The molecule has 1 N–H and O–H groups in total. The zero-order valence-electron chi connectivity index (χ0n) is 9.34. The van der Waals surface area contributed by atoms with Crippen molar-refractivity contribution in [2.75, 3.05) is 14.1 Å². The summed E-state index contributed by atoms with van der Waals surface area (Å²) < 4.78 is 0. The highest BCUT2D eigenvalue weighted by atomic mass is 16.3. The Morgan fingerprint density at radius 2 is 1.80 bits per heavy atom. The Hall–Kier alpha value is -1.19. The van der Waals surface area contributed by atoms with E-state index in [9.17, 15) is 9.90 Å². The molecule has 3 nitrogen and oxygen atoms in total. The Morgan fingerprint density at radius 3 is 2.20 bits per heavy atom. The summed E-state index contributed by atoms with van der Waals surface area (Å²) in [4.78, 5) is 13.1. The van der Waals surface area contributed by atoms with Gasteiger partial charge in [0, 0.05) is 0 Å². The number of carbonyl (C=O) groups is 1. The SMILES string of the molecule is CC(=O)C(C(O)c1ccccc1)N(C)C. The van der Waals surface area contributed by atoms with Crippen molar-refractivity contribution in [1.82, 2.24) is 4.90 Å². The lowest BCUT2D eigenvalue weighted by Crippen LogP contribution is -2.39. The van der Waals surface area contributed by atoms with Crippen molar-refractivity contribution in [1.29, 1.82) is 0 Å². The summed E-state index contributed by atoms with van der Waals surface area (Å²) in [6.45, 7) is 1.50. The minimum absolute atomic E-state index is 0.0312. The van der Waals surface area contributed by atoms with Gasteiger partial charge in [0.05, 0.1) is 6.04 Å². The number of hydrogen-bond donors (Lipinski definition) is 1. The third-order valence-electron chi connectivity index (χ3n) is 2.41. The lowest BCUT2D eigenvalue weighted by Gasteiger charge is -2.26. The molecule has 0 bridgehead atoms. The van der Waals surface area contributed by atoms with E-state index in [0.717, 1.165) is 5.56 Å². The predicted octanol–water partition coefficient (Wildman–Crippen LogP) is 1.24. The topological polar surface area (TPSA) is 40.5 Å². The first-order valence-corrected chi connectivity index (χ1v) is 4.94. The van der Waals surface area contributed by atoms with Gasteiger partial charge in [-0.3, -0.25) is 9.69 Å². The number of ketones is 1. The number of aliphatic hydroxyl groups is 1. The molecule has 0 aliphatic carbocycles. The highest BCUT2D eigenvalue weighted by Crippen LogP contribution is 2.19. The Labute approximate surface area is 90.3 Å². The van der Waals surface area contributed by atoms with E-state index in [1.54, 1.807) is 19.0 Å². The van der Waals surface area contributed by atoms with Gasteiger partial charge in [-0.15, -0.1) is 0 Å². The lowest BCUT2D eigenvalue weighted by atomic mass is 9.99. The Morgan fingerprint density at radius 1 is 1.27 bits per heavy atom. The van der Waals surface area contributed by atoms with Crippen molar-refractivity contribution in [2.24, 2.45) is 0 Å². The molecule has 0 amide bonds. The van der Waals surface area contributed by atoms with Gasteiger partial charge in [0.1, 0.15) is 11.9 Å². The van der Waals surface area contributed by atoms with Crippen molar-refractivity contribution in [3.63, 3.8) is 0 Å². The van der Waals surface area contributed by atoms with Crippen LogP contribution in [0.5, 0.6) is 0 Å². The molecule has 0 radical (unpaired) electrons. The van der Waals surface area contributed by atoms with Gasteiger partial charge in [-0.2, -0.15) is 0 Å². The van der Waals surface area contributed by atoms with Crippen LogP contribution in [0.1, 0.15) is 18.6 Å². The molecule has 1 rings (SSSR count). The molecule has 82 valence electrons. The van der Waals surface area contributed by atoms with E-state index in [-0.39, 0.29) is 5.78 Å². The number of Topliss-reactive ketones (excluding diaryl/α,β-unsaturated/α-hetero) is 1. The standard InChI is InChI=1S/C12H17NO2/c1-9(14)11(13(2)3)12(15)10-7-5-4-6-8-10/h4-8,11-12,15H,1-3H3. The van der Waals surface area contributed by atoms with Crippen LogP contribution in [0, 0.1) is 0 Å². The van der Waals surface area contributed by atoms with E-state index in [4.69, 9.17) is 0 Å². The molecule has 1 aromatic rings. The average Bonchev–Trinajstić information content (AvgIpc) is 2.18. The monoisotopic (exact) mass is 207 g/mol. The fraction of sp³-hybridized carbons (Fsp3) is 0.417. The summed E-state index contributed by atoms with van der Waals surface area (Å²) in [6.07, 6.45) is -0.765. The fourth-order valence-electron chi connectivity index (χ4n) is 1.70. The van der Waals surface area contributed by atoms with Gasteiger partial charge >= 0.3 is 0 Å². The van der Waals surface area contributed by atoms with Gasteiger partial charge < -0.3 is 5.11 Å².